The highest BCUT2D eigenvalue weighted by Gasteiger charge is 2.52. The standard InChI is InChI=1S/C11H13NO2/c1-12(14)10(13)11(7-8-11)9-5-3-2-4-6-9/h2-6,14H,7-8H2,1H3. The predicted molar refractivity (Wildman–Crippen MR) is 51.9 cm³/mol. The van der Waals surface area contributed by atoms with Gasteiger partial charge in [-0.05, 0) is 18.4 Å². The van der Waals surface area contributed by atoms with Gasteiger partial charge >= 0.3 is 0 Å². The van der Waals surface area contributed by atoms with Gasteiger partial charge in [0.05, 0.1) is 5.41 Å². The zero-order chi connectivity index (χ0) is 10.2. The molecule has 1 aliphatic rings. The molecule has 0 radical (unpaired) electrons. The van der Waals surface area contributed by atoms with Gasteiger partial charge in [-0.15, -0.1) is 0 Å². The molecule has 2 rings (SSSR count). The van der Waals surface area contributed by atoms with Crippen molar-refractivity contribution >= 4 is 5.91 Å². The highest BCUT2D eigenvalue weighted by Crippen LogP contribution is 2.49. The first kappa shape index (κ1) is 9.21. The molecular weight excluding hydrogens is 178 g/mol. The Kier molecular flexibility index (Phi) is 2.04. The number of amides is 1. The van der Waals surface area contributed by atoms with Gasteiger partial charge in [0.25, 0.3) is 5.91 Å². The zero-order valence-corrected chi connectivity index (χ0v) is 8.10. The SMILES string of the molecule is CN(O)C(=O)C1(c2ccccc2)CC1. The van der Waals surface area contributed by atoms with E-state index in [0.717, 1.165) is 18.4 Å². The summed E-state index contributed by atoms with van der Waals surface area (Å²) >= 11 is 0. The van der Waals surface area contributed by atoms with E-state index in [1.807, 2.05) is 30.3 Å². The number of hydrogen-bond acceptors (Lipinski definition) is 2. The maximum atomic E-state index is 11.7. The van der Waals surface area contributed by atoms with E-state index in [-0.39, 0.29) is 5.91 Å². The second-order valence-electron chi connectivity index (χ2n) is 3.78. The molecule has 1 N–H and O–H groups in total. The van der Waals surface area contributed by atoms with Crippen molar-refractivity contribution in [1.82, 2.24) is 5.06 Å². The van der Waals surface area contributed by atoms with E-state index in [0.29, 0.717) is 5.06 Å². The van der Waals surface area contributed by atoms with Crippen LogP contribution in [0.15, 0.2) is 30.3 Å². The summed E-state index contributed by atoms with van der Waals surface area (Å²) in [7, 11) is 1.38. The quantitative estimate of drug-likeness (QED) is 0.569. The van der Waals surface area contributed by atoms with Gasteiger partial charge in [-0.2, -0.15) is 0 Å². The molecule has 0 unspecified atom stereocenters. The molecule has 1 saturated carbocycles. The first-order valence-electron chi connectivity index (χ1n) is 4.69. The van der Waals surface area contributed by atoms with Crippen LogP contribution in [0.25, 0.3) is 0 Å². The lowest BCUT2D eigenvalue weighted by molar-refractivity contribution is -0.162. The minimum atomic E-state index is -0.440. The number of hydrogen-bond donors (Lipinski definition) is 1. The summed E-state index contributed by atoms with van der Waals surface area (Å²) in [6.07, 6.45) is 1.67. The summed E-state index contributed by atoms with van der Waals surface area (Å²) in [6.45, 7) is 0. The first-order chi connectivity index (χ1) is 6.67. The summed E-state index contributed by atoms with van der Waals surface area (Å²) in [5.41, 5.74) is 0.566. The van der Waals surface area contributed by atoms with E-state index < -0.39 is 5.41 Å². The minimum absolute atomic E-state index is 0.205. The fourth-order valence-corrected chi connectivity index (χ4v) is 1.82. The lowest BCUT2D eigenvalue weighted by Crippen LogP contribution is -2.34. The van der Waals surface area contributed by atoms with Gasteiger partial charge in [-0.3, -0.25) is 10.0 Å². The third kappa shape index (κ3) is 1.30. The zero-order valence-electron chi connectivity index (χ0n) is 8.10. The third-order valence-electron chi connectivity index (χ3n) is 2.78. The van der Waals surface area contributed by atoms with Crippen LogP contribution in [-0.2, 0) is 10.2 Å². The Morgan fingerprint density at radius 1 is 1.36 bits per heavy atom. The molecule has 0 spiro atoms. The summed E-state index contributed by atoms with van der Waals surface area (Å²) in [5.74, 6) is -0.205. The number of likely N-dealkylation sites (N-methyl/N-ethyl adjacent to an activating group) is 1. The van der Waals surface area contributed by atoms with Crippen molar-refractivity contribution < 1.29 is 10.0 Å². The van der Waals surface area contributed by atoms with Gasteiger partial charge < -0.3 is 0 Å². The number of nitrogens with zero attached hydrogens (tertiary/aromatic N) is 1. The van der Waals surface area contributed by atoms with Crippen LogP contribution in [0.3, 0.4) is 0 Å². The largest absolute Gasteiger partial charge is 0.286 e. The Labute approximate surface area is 82.9 Å². The highest BCUT2D eigenvalue weighted by molar-refractivity contribution is 5.90. The second-order valence-corrected chi connectivity index (χ2v) is 3.78. The monoisotopic (exact) mass is 191 g/mol. The Bertz CT molecular complexity index is 342. The molecular formula is C11H13NO2. The smallest absolute Gasteiger partial charge is 0.256 e. The van der Waals surface area contributed by atoms with Crippen LogP contribution in [0.1, 0.15) is 18.4 Å². The van der Waals surface area contributed by atoms with Crippen molar-refractivity contribution in [2.45, 2.75) is 18.3 Å². The van der Waals surface area contributed by atoms with Gasteiger partial charge in [0.15, 0.2) is 0 Å². The Balaban J connectivity index is 2.30. The molecule has 1 aromatic rings. The van der Waals surface area contributed by atoms with E-state index in [1.54, 1.807) is 0 Å². The number of carbonyl (C=O) groups is 1. The lowest BCUT2D eigenvalue weighted by atomic mass is 9.95. The van der Waals surface area contributed by atoms with Crippen LogP contribution in [-0.4, -0.2) is 23.2 Å². The van der Waals surface area contributed by atoms with Crippen molar-refractivity contribution in [3.8, 4) is 0 Å². The van der Waals surface area contributed by atoms with E-state index in [9.17, 15) is 4.79 Å². The predicted octanol–water partition coefficient (Wildman–Crippen LogP) is 1.57. The normalized spacial score (nSPS) is 17.6. The Morgan fingerprint density at radius 3 is 2.36 bits per heavy atom. The molecule has 0 heterocycles. The first-order valence-corrected chi connectivity index (χ1v) is 4.69. The molecule has 1 amide bonds. The molecule has 0 aromatic heterocycles. The van der Waals surface area contributed by atoms with Gasteiger partial charge in [0.2, 0.25) is 0 Å². The molecule has 1 aliphatic carbocycles. The van der Waals surface area contributed by atoms with Crippen LogP contribution in [0, 0.1) is 0 Å². The summed E-state index contributed by atoms with van der Waals surface area (Å²) in [4.78, 5) is 11.7. The fraction of sp³-hybridized carbons (Fsp3) is 0.364. The average Bonchev–Trinajstić information content (AvgIpc) is 2.99. The van der Waals surface area contributed by atoms with Gasteiger partial charge in [-0.1, -0.05) is 30.3 Å². The summed E-state index contributed by atoms with van der Waals surface area (Å²) < 4.78 is 0. The number of benzene rings is 1. The molecule has 1 fully saturated rings. The van der Waals surface area contributed by atoms with E-state index in [4.69, 9.17) is 5.21 Å². The third-order valence-corrected chi connectivity index (χ3v) is 2.78. The molecule has 1 aromatic carbocycles. The van der Waals surface area contributed by atoms with Crippen LogP contribution in [0.5, 0.6) is 0 Å². The summed E-state index contributed by atoms with van der Waals surface area (Å²) in [6, 6.07) is 9.63. The van der Waals surface area contributed by atoms with Crippen LogP contribution < -0.4 is 0 Å². The molecule has 0 atom stereocenters. The van der Waals surface area contributed by atoms with Crippen LogP contribution >= 0.6 is 0 Å². The van der Waals surface area contributed by atoms with E-state index >= 15 is 0 Å². The molecule has 0 bridgehead atoms. The van der Waals surface area contributed by atoms with Crippen molar-refractivity contribution in [2.75, 3.05) is 7.05 Å². The van der Waals surface area contributed by atoms with Crippen LogP contribution in [0.2, 0.25) is 0 Å². The molecule has 3 nitrogen and oxygen atoms in total. The average molecular weight is 191 g/mol. The minimum Gasteiger partial charge on any atom is -0.286 e. The van der Waals surface area contributed by atoms with E-state index in [1.165, 1.54) is 7.05 Å². The van der Waals surface area contributed by atoms with Crippen LogP contribution in [0.4, 0.5) is 0 Å². The van der Waals surface area contributed by atoms with Crippen molar-refractivity contribution in [3.05, 3.63) is 35.9 Å². The van der Waals surface area contributed by atoms with Gasteiger partial charge in [0.1, 0.15) is 0 Å². The molecule has 0 saturated heterocycles. The van der Waals surface area contributed by atoms with Crippen molar-refractivity contribution in [2.24, 2.45) is 0 Å². The Morgan fingerprint density at radius 2 is 1.93 bits per heavy atom. The molecule has 14 heavy (non-hydrogen) atoms. The maximum absolute atomic E-state index is 11.7. The number of carbonyl (C=O) groups excluding carboxylic acids is 1. The van der Waals surface area contributed by atoms with Gasteiger partial charge in [-0.25, -0.2) is 5.06 Å². The Hall–Kier alpha value is -1.35. The number of hydroxylamine groups is 2. The summed E-state index contributed by atoms with van der Waals surface area (Å²) in [5, 5.41) is 9.84. The van der Waals surface area contributed by atoms with Crippen molar-refractivity contribution in [3.63, 3.8) is 0 Å². The second kappa shape index (κ2) is 3.10. The highest BCUT2D eigenvalue weighted by atomic mass is 16.5. The van der Waals surface area contributed by atoms with E-state index in [2.05, 4.69) is 0 Å². The maximum Gasteiger partial charge on any atom is 0.256 e. The van der Waals surface area contributed by atoms with Gasteiger partial charge in [0, 0.05) is 7.05 Å². The number of rotatable bonds is 2. The molecule has 3 heteroatoms. The van der Waals surface area contributed by atoms with Crippen molar-refractivity contribution in [1.29, 1.82) is 0 Å². The molecule has 0 aliphatic heterocycles. The lowest BCUT2D eigenvalue weighted by Gasteiger charge is -2.18. The fourth-order valence-electron chi connectivity index (χ4n) is 1.82. The topological polar surface area (TPSA) is 40.5 Å². The molecule has 74 valence electrons.